The number of aromatic nitrogens is 7. The minimum absolute atomic E-state index is 0.172. The molecule has 0 saturated carbocycles. The molecule has 0 amide bonds. The van der Waals surface area contributed by atoms with E-state index < -0.39 is 0 Å². The maximum absolute atomic E-state index is 11.7. The van der Waals surface area contributed by atoms with Gasteiger partial charge in [0.1, 0.15) is 18.7 Å². The molecule has 3 heterocycles. The summed E-state index contributed by atoms with van der Waals surface area (Å²) in [5, 5.41) is 8.72. The Labute approximate surface area is 107 Å². The van der Waals surface area contributed by atoms with Crippen LogP contribution >= 0.6 is 0 Å². The van der Waals surface area contributed by atoms with Crippen LogP contribution in [0.15, 0.2) is 17.3 Å². The van der Waals surface area contributed by atoms with Crippen molar-refractivity contribution < 1.29 is 0 Å². The molecule has 0 saturated heterocycles. The first-order valence-corrected chi connectivity index (χ1v) is 5.59. The summed E-state index contributed by atoms with van der Waals surface area (Å²) in [7, 11) is 3.40. The van der Waals surface area contributed by atoms with Crippen LogP contribution in [-0.4, -0.2) is 34.1 Å². The number of hydrogen-bond acceptors (Lipinski definition) is 6. The predicted molar refractivity (Wildman–Crippen MR) is 67.3 cm³/mol. The summed E-state index contributed by atoms with van der Waals surface area (Å²) >= 11 is 0. The Morgan fingerprint density at radius 2 is 2.05 bits per heavy atom. The van der Waals surface area contributed by atoms with Gasteiger partial charge in [-0.2, -0.15) is 10.2 Å². The van der Waals surface area contributed by atoms with E-state index in [-0.39, 0.29) is 12.2 Å². The van der Waals surface area contributed by atoms with Gasteiger partial charge in [0.05, 0.1) is 11.6 Å². The normalized spacial score (nSPS) is 11.3. The molecule has 0 aliphatic rings. The van der Waals surface area contributed by atoms with Crippen molar-refractivity contribution in [3.05, 3.63) is 28.8 Å². The molecule has 0 fully saturated rings. The molecular weight excluding hydrogens is 248 g/mol. The average Bonchev–Trinajstić information content (AvgIpc) is 2.89. The predicted octanol–water partition coefficient (Wildman–Crippen LogP) is -1.11. The first kappa shape index (κ1) is 11.4. The Hall–Kier alpha value is -2.71. The van der Waals surface area contributed by atoms with Crippen molar-refractivity contribution in [3.8, 4) is 0 Å². The standard InChI is InChI=1S/C10H12N8O/c1-16-5-13-18(10(16)19)4-7-14-8(11)6-3-12-17(2)9(6)15-7/h3,5H,4H2,1-2H3,(H2,11,14,15). The molecule has 98 valence electrons. The van der Waals surface area contributed by atoms with Gasteiger partial charge in [0.2, 0.25) is 0 Å². The van der Waals surface area contributed by atoms with Crippen LogP contribution in [0.25, 0.3) is 11.0 Å². The average molecular weight is 260 g/mol. The third-order valence-corrected chi connectivity index (χ3v) is 2.85. The van der Waals surface area contributed by atoms with Gasteiger partial charge < -0.3 is 5.73 Å². The van der Waals surface area contributed by atoms with Crippen molar-refractivity contribution >= 4 is 16.9 Å². The Morgan fingerprint density at radius 1 is 1.26 bits per heavy atom. The highest BCUT2D eigenvalue weighted by Crippen LogP contribution is 2.16. The summed E-state index contributed by atoms with van der Waals surface area (Å²) in [5.41, 5.74) is 6.25. The number of nitrogens with two attached hydrogens (primary N) is 1. The molecule has 0 radical (unpaired) electrons. The monoisotopic (exact) mass is 260 g/mol. The smallest absolute Gasteiger partial charge is 0.345 e. The Balaban J connectivity index is 2.08. The molecule has 0 bridgehead atoms. The largest absolute Gasteiger partial charge is 0.383 e. The molecule has 3 aromatic heterocycles. The number of hydrogen-bond donors (Lipinski definition) is 1. The first-order chi connectivity index (χ1) is 9.06. The van der Waals surface area contributed by atoms with E-state index in [1.165, 1.54) is 15.6 Å². The van der Waals surface area contributed by atoms with E-state index in [1.54, 1.807) is 25.0 Å². The molecule has 0 aromatic carbocycles. The SMILES string of the molecule is Cn1cnn(Cc2nc(N)c3cnn(C)c3n2)c1=O. The van der Waals surface area contributed by atoms with Gasteiger partial charge in [0, 0.05) is 14.1 Å². The van der Waals surface area contributed by atoms with Crippen molar-refractivity contribution in [2.75, 3.05) is 5.73 Å². The van der Waals surface area contributed by atoms with Crippen LogP contribution in [0.4, 0.5) is 5.82 Å². The Kier molecular flexibility index (Phi) is 2.34. The molecule has 0 spiro atoms. The van der Waals surface area contributed by atoms with Gasteiger partial charge in [-0.25, -0.2) is 19.4 Å². The molecule has 0 atom stereocenters. The summed E-state index contributed by atoms with van der Waals surface area (Å²) in [6, 6.07) is 0. The lowest BCUT2D eigenvalue weighted by Crippen LogP contribution is -2.24. The highest BCUT2D eigenvalue weighted by molar-refractivity contribution is 5.84. The van der Waals surface area contributed by atoms with E-state index in [0.717, 1.165) is 0 Å². The minimum atomic E-state index is -0.229. The van der Waals surface area contributed by atoms with Crippen LogP contribution in [0.1, 0.15) is 5.82 Å². The van der Waals surface area contributed by atoms with Crippen molar-refractivity contribution in [3.63, 3.8) is 0 Å². The second-order valence-corrected chi connectivity index (χ2v) is 4.21. The molecule has 3 rings (SSSR count). The highest BCUT2D eigenvalue weighted by atomic mass is 16.2. The second-order valence-electron chi connectivity index (χ2n) is 4.21. The van der Waals surface area contributed by atoms with E-state index in [9.17, 15) is 4.79 Å². The van der Waals surface area contributed by atoms with Crippen LogP contribution < -0.4 is 11.4 Å². The van der Waals surface area contributed by atoms with Gasteiger partial charge in [0.25, 0.3) is 0 Å². The number of nitrogens with zero attached hydrogens (tertiary/aromatic N) is 7. The summed E-state index contributed by atoms with van der Waals surface area (Å²) in [6.45, 7) is 0.172. The fourth-order valence-corrected chi connectivity index (χ4v) is 1.82. The third-order valence-electron chi connectivity index (χ3n) is 2.85. The lowest BCUT2D eigenvalue weighted by atomic mass is 10.4. The molecule has 3 aromatic rings. The highest BCUT2D eigenvalue weighted by Gasteiger charge is 2.11. The zero-order chi connectivity index (χ0) is 13.6. The number of nitrogen functional groups attached to an aromatic ring is 1. The van der Waals surface area contributed by atoms with E-state index in [2.05, 4.69) is 20.2 Å². The summed E-state index contributed by atoms with van der Waals surface area (Å²) < 4.78 is 4.26. The fourth-order valence-electron chi connectivity index (χ4n) is 1.82. The summed E-state index contributed by atoms with van der Waals surface area (Å²) in [4.78, 5) is 20.2. The van der Waals surface area contributed by atoms with Crippen molar-refractivity contribution in [1.29, 1.82) is 0 Å². The van der Waals surface area contributed by atoms with E-state index in [4.69, 9.17) is 5.73 Å². The van der Waals surface area contributed by atoms with Gasteiger partial charge in [-0.15, -0.1) is 0 Å². The molecule has 0 aliphatic heterocycles. The molecule has 0 unspecified atom stereocenters. The maximum atomic E-state index is 11.7. The molecule has 9 heteroatoms. The second kappa shape index (κ2) is 3.90. The van der Waals surface area contributed by atoms with E-state index >= 15 is 0 Å². The van der Waals surface area contributed by atoms with Crippen molar-refractivity contribution in [2.24, 2.45) is 14.1 Å². The quantitative estimate of drug-likeness (QED) is 0.625. The van der Waals surface area contributed by atoms with Gasteiger partial charge >= 0.3 is 5.69 Å². The minimum Gasteiger partial charge on any atom is -0.383 e. The lowest BCUT2D eigenvalue weighted by molar-refractivity contribution is 0.622. The van der Waals surface area contributed by atoms with E-state index in [1.807, 2.05) is 0 Å². The summed E-state index contributed by atoms with van der Waals surface area (Å²) in [6.07, 6.45) is 3.05. The molecule has 9 nitrogen and oxygen atoms in total. The Morgan fingerprint density at radius 3 is 2.74 bits per heavy atom. The first-order valence-electron chi connectivity index (χ1n) is 5.59. The number of rotatable bonds is 2. The molecular formula is C10H12N8O. The van der Waals surface area contributed by atoms with E-state index in [0.29, 0.717) is 22.7 Å². The molecule has 19 heavy (non-hydrogen) atoms. The summed E-state index contributed by atoms with van der Waals surface area (Å²) in [5.74, 6) is 0.770. The fraction of sp³-hybridized carbons (Fsp3) is 0.300. The van der Waals surface area contributed by atoms with Crippen LogP contribution in [0.2, 0.25) is 0 Å². The van der Waals surface area contributed by atoms with Crippen LogP contribution in [0.5, 0.6) is 0 Å². The lowest BCUT2D eigenvalue weighted by Gasteiger charge is -2.02. The number of anilines is 1. The van der Waals surface area contributed by atoms with Gasteiger partial charge in [-0.05, 0) is 0 Å². The molecule has 0 aliphatic carbocycles. The van der Waals surface area contributed by atoms with Gasteiger partial charge in [0.15, 0.2) is 11.5 Å². The Bertz CT molecular complexity index is 811. The third kappa shape index (κ3) is 1.75. The maximum Gasteiger partial charge on any atom is 0.345 e. The zero-order valence-corrected chi connectivity index (χ0v) is 10.5. The van der Waals surface area contributed by atoms with Crippen molar-refractivity contribution in [2.45, 2.75) is 6.54 Å². The molecule has 2 N–H and O–H groups in total. The topological polar surface area (TPSA) is 109 Å². The van der Waals surface area contributed by atoms with Crippen LogP contribution in [-0.2, 0) is 20.6 Å². The van der Waals surface area contributed by atoms with Gasteiger partial charge in [-0.3, -0.25) is 9.25 Å². The van der Waals surface area contributed by atoms with Crippen LogP contribution in [0, 0.1) is 0 Å². The van der Waals surface area contributed by atoms with Crippen LogP contribution in [0.3, 0.4) is 0 Å². The van der Waals surface area contributed by atoms with Crippen molar-refractivity contribution in [1.82, 2.24) is 34.1 Å². The van der Waals surface area contributed by atoms with Gasteiger partial charge in [-0.1, -0.05) is 0 Å². The number of aryl methyl sites for hydroxylation is 2. The number of fused-ring (bicyclic) bond motifs is 1. The zero-order valence-electron chi connectivity index (χ0n) is 10.5.